The Morgan fingerprint density at radius 2 is 2.14 bits per heavy atom. The number of aromatic nitrogens is 1. The van der Waals surface area contributed by atoms with E-state index in [0.29, 0.717) is 62.3 Å². The number of nitrogens with zero attached hydrogens (tertiary/aromatic N) is 2. The third-order valence-corrected chi connectivity index (χ3v) is 4.94. The van der Waals surface area contributed by atoms with Crippen LogP contribution in [0.3, 0.4) is 0 Å². The summed E-state index contributed by atoms with van der Waals surface area (Å²) in [5.41, 5.74) is 1.48. The van der Waals surface area contributed by atoms with Gasteiger partial charge >= 0.3 is 0 Å². The fourth-order valence-electron chi connectivity index (χ4n) is 3.49. The summed E-state index contributed by atoms with van der Waals surface area (Å²) in [5, 5.41) is 11.6. The average molecular weight is 389 g/mol. The molecule has 1 fully saturated rings. The Kier molecular flexibility index (Phi) is 6.86. The van der Waals surface area contributed by atoms with Gasteiger partial charge in [-0.1, -0.05) is 0 Å². The molecular weight excluding hydrogens is 362 g/mol. The van der Waals surface area contributed by atoms with Gasteiger partial charge in [0, 0.05) is 38.6 Å². The zero-order valence-corrected chi connectivity index (χ0v) is 16.1. The molecule has 0 aromatic carbocycles. The van der Waals surface area contributed by atoms with Crippen LogP contribution in [0.4, 0.5) is 0 Å². The second kappa shape index (κ2) is 9.54. The van der Waals surface area contributed by atoms with Crippen LogP contribution in [0.2, 0.25) is 0 Å². The minimum Gasteiger partial charge on any atom is -0.491 e. The van der Waals surface area contributed by atoms with Crippen LogP contribution in [0.15, 0.2) is 30.0 Å². The average Bonchev–Trinajstić information content (AvgIpc) is 3.16. The highest BCUT2D eigenvalue weighted by molar-refractivity contribution is 5.94. The fourth-order valence-corrected chi connectivity index (χ4v) is 3.49. The quantitative estimate of drug-likeness (QED) is 0.671. The van der Waals surface area contributed by atoms with Gasteiger partial charge in [0.05, 0.1) is 5.56 Å². The summed E-state index contributed by atoms with van der Waals surface area (Å²) in [4.78, 5) is 30.8. The molecule has 1 atom stereocenters. The summed E-state index contributed by atoms with van der Waals surface area (Å²) in [6.45, 7) is 4.42. The van der Waals surface area contributed by atoms with Crippen molar-refractivity contribution in [2.45, 2.75) is 26.2 Å². The molecule has 0 spiro atoms. The Hall–Kier alpha value is -2.61. The molecule has 3 rings (SSSR count). The second-order valence-corrected chi connectivity index (χ2v) is 7.11. The maximum atomic E-state index is 12.7. The summed E-state index contributed by atoms with van der Waals surface area (Å²) in [6, 6.07) is 1.84. The second-order valence-electron chi connectivity index (χ2n) is 7.11. The first-order chi connectivity index (χ1) is 13.6. The molecule has 0 bridgehead atoms. The molecule has 2 aliphatic heterocycles. The van der Waals surface area contributed by atoms with E-state index in [2.05, 4.69) is 10.3 Å². The smallest absolute Gasteiger partial charge is 0.292 e. The molecule has 0 aliphatic carbocycles. The summed E-state index contributed by atoms with van der Waals surface area (Å²) in [6.07, 6.45) is 5.48. The van der Waals surface area contributed by atoms with E-state index in [1.807, 2.05) is 6.07 Å². The number of aliphatic hydroxyl groups excluding tert-OH is 1. The molecule has 2 N–H and O–H groups in total. The van der Waals surface area contributed by atoms with Gasteiger partial charge in [0.1, 0.15) is 19.0 Å². The maximum absolute atomic E-state index is 12.7. The number of carbonyl (C=O) groups excluding carboxylic acids is 2. The zero-order valence-electron chi connectivity index (χ0n) is 16.1. The van der Waals surface area contributed by atoms with E-state index in [1.54, 1.807) is 18.0 Å². The molecule has 28 heavy (non-hydrogen) atoms. The van der Waals surface area contributed by atoms with Crippen LogP contribution < -0.4 is 5.32 Å². The first kappa shape index (κ1) is 20.1. The van der Waals surface area contributed by atoms with E-state index in [0.717, 1.165) is 18.4 Å². The summed E-state index contributed by atoms with van der Waals surface area (Å²) >= 11 is 0. The molecule has 8 nitrogen and oxygen atoms in total. The van der Waals surface area contributed by atoms with Gasteiger partial charge in [0.2, 0.25) is 5.76 Å². The zero-order chi connectivity index (χ0) is 19.9. The molecule has 1 saturated heterocycles. The highest BCUT2D eigenvalue weighted by Gasteiger charge is 2.31. The molecule has 0 saturated carbocycles. The van der Waals surface area contributed by atoms with Gasteiger partial charge in [-0.25, -0.2) is 0 Å². The highest BCUT2D eigenvalue weighted by Crippen LogP contribution is 2.24. The predicted octanol–water partition coefficient (Wildman–Crippen LogP) is 0.863. The lowest BCUT2D eigenvalue weighted by molar-refractivity contribution is -0.131. The van der Waals surface area contributed by atoms with E-state index >= 15 is 0 Å². The van der Waals surface area contributed by atoms with Gasteiger partial charge in [-0.15, -0.1) is 0 Å². The van der Waals surface area contributed by atoms with Crippen LogP contribution in [0.5, 0.6) is 0 Å². The number of allylic oxidation sites excluding steroid dienone is 1. The van der Waals surface area contributed by atoms with Gasteiger partial charge in [0.25, 0.3) is 11.8 Å². The van der Waals surface area contributed by atoms with E-state index in [-0.39, 0.29) is 18.4 Å². The lowest BCUT2D eigenvalue weighted by Crippen LogP contribution is -2.33. The number of nitrogens with one attached hydrogen (secondary N) is 1. The maximum Gasteiger partial charge on any atom is 0.292 e. The van der Waals surface area contributed by atoms with Crippen LogP contribution in [0.25, 0.3) is 0 Å². The Bertz CT molecular complexity index is 749. The molecule has 152 valence electrons. The first-order valence-corrected chi connectivity index (χ1v) is 9.67. The van der Waals surface area contributed by atoms with Crippen molar-refractivity contribution in [1.82, 2.24) is 15.2 Å². The van der Waals surface area contributed by atoms with Crippen molar-refractivity contribution in [2.75, 3.05) is 39.5 Å². The molecule has 2 amide bonds. The van der Waals surface area contributed by atoms with E-state index in [4.69, 9.17) is 14.6 Å². The Balaban J connectivity index is 1.56. The largest absolute Gasteiger partial charge is 0.491 e. The van der Waals surface area contributed by atoms with Gasteiger partial charge in [-0.05, 0) is 43.7 Å². The van der Waals surface area contributed by atoms with Crippen molar-refractivity contribution in [3.8, 4) is 0 Å². The van der Waals surface area contributed by atoms with E-state index in [1.165, 1.54) is 6.20 Å². The number of rotatable bonds is 7. The summed E-state index contributed by atoms with van der Waals surface area (Å²) in [5.74, 6) is 0.862. The van der Waals surface area contributed by atoms with Crippen molar-refractivity contribution in [2.24, 2.45) is 5.92 Å². The van der Waals surface area contributed by atoms with Crippen molar-refractivity contribution in [3.63, 3.8) is 0 Å². The number of likely N-dealkylation sites (tertiary alicyclic amines) is 1. The van der Waals surface area contributed by atoms with Crippen LogP contribution >= 0.6 is 0 Å². The Morgan fingerprint density at radius 1 is 1.32 bits per heavy atom. The number of pyridine rings is 1. The van der Waals surface area contributed by atoms with Gasteiger partial charge in [-0.3, -0.25) is 14.6 Å². The monoisotopic (exact) mass is 389 g/mol. The number of hydrogen-bond donors (Lipinski definition) is 2. The number of ether oxygens (including phenoxy) is 2. The van der Waals surface area contributed by atoms with Gasteiger partial charge in [0.15, 0.2) is 0 Å². The minimum atomic E-state index is -0.192. The summed E-state index contributed by atoms with van der Waals surface area (Å²) in [7, 11) is 0. The van der Waals surface area contributed by atoms with Crippen LogP contribution in [0.1, 0.15) is 35.7 Å². The molecule has 2 aliphatic rings. The lowest BCUT2D eigenvalue weighted by Gasteiger charge is -2.23. The third kappa shape index (κ3) is 5.01. The molecular formula is C20H27N3O5. The number of aliphatic hydroxyl groups is 1. The van der Waals surface area contributed by atoms with Crippen LogP contribution in [0, 0.1) is 5.92 Å². The molecule has 0 radical (unpaired) electrons. The van der Waals surface area contributed by atoms with Crippen molar-refractivity contribution < 1.29 is 24.2 Å². The van der Waals surface area contributed by atoms with Crippen LogP contribution in [-0.4, -0.2) is 66.3 Å². The molecule has 3 heterocycles. The number of carbonyl (C=O) groups is 2. The van der Waals surface area contributed by atoms with Gasteiger partial charge in [-0.2, -0.15) is 0 Å². The molecule has 1 aromatic heterocycles. The topological polar surface area (TPSA) is 101 Å². The Morgan fingerprint density at radius 3 is 2.93 bits per heavy atom. The number of hydrogen-bond acceptors (Lipinski definition) is 6. The normalized spacial score (nSPS) is 19.2. The fraction of sp³-hybridized carbons (Fsp3) is 0.550. The summed E-state index contributed by atoms with van der Waals surface area (Å²) < 4.78 is 10.9. The predicted molar refractivity (Wildman–Crippen MR) is 101 cm³/mol. The van der Waals surface area contributed by atoms with Crippen molar-refractivity contribution in [1.29, 1.82) is 0 Å². The van der Waals surface area contributed by atoms with Crippen molar-refractivity contribution >= 4 is 11.8 Å². The molecule has 8 heteroatoms. The molecule has 1 aromatic rings. The third-order valence-electron chi connectivity index (χ3n) is 4.94. The molecule has 1 unspecified atom stereocenters. The van der Waals surface area contributed by atoms with E-state index in [9.17, 15) is 9.59 Å². The lowest BCUT2D eigenvalue weighted by atomic mass is 9.99. The van der Waals surface area contributed by atoms with Crippen molar-refractivity contribution in [3.05, 3.63) is 41.1 Å². The van der Waals surface area contributed by atoms with Gasteiger partial charge < -0.3 is 24.8 Å². The highest BCUT2D eigenvalue weighted by atomic mass is 16.6. The minimum absolute atomic E-state index is 0.0447. The van der Waals surface area contributed by atoms with E-state index < -0.39 is 0 Å². The standard InChI is InChI=1S/C20H27N3O5/c1-14-18(28-8-7-27-14)20(26)23-5-3-15(13-23)9-16-10-17(12-21-11-16)19(25)22-4-2-6-24/h10-12,15,24H,2-9,13H2,1H3,(H,22,25). The van der Waals surface area contributed by atoms with Crippen LogP contribution in [-0.2, 0) is 20.7 Å². The first-order valence-electron chi connectivity index (χ1n) is 9.67. The Labute approximate surface area is 164 Å². The number of amides is 2. The SMILES string of the molecule is CC1=C(C(=O)N2CCC(Cc3cncc(C(=O)NCCCO)c3)C2)OCCO1.